The molecule has 1 aromatic rings. The number of urea groups is 1. The Morgan fingerprint density at radius 1 is 1.40 bits per heavy atom. The number of nitrogens with zero attached hydrogens (tertiary/aromatic N) is 3. The zero-order valence-corrected chi connectivity index (χ0v) is 12.9. The number of rotatable bonds is 2. The number of carbonyl (C=O) groups is 2. The number of amides is 3. The Bertz CT molecular complexity index is 539. The van der Waals surface area contributed by atoms with Gasteiger partial charge in [0.2, 0.25) is 0 Å². The van der Waals surface area contributed by atoms with Crippen LogP contribution in [0.15, 0.2) is 5.38 Å². The Morgan fingerprint density at radius 3 is 2.75 bits per heavy atom. The molecule has 2 fully saturated rings. The second-order valence-corrected chi connectivity index (χ2v) is 7.31. The van der Waals surface area contributed by atoms with E-state index in [9.17, 15) is 9.59 Å². The van der Waals surface area contributed by atoms with E-state index < -0.39 is 0 Å². The molecule has 6 heteroatoms. The molecule has 2 aliphatic rings. The van der Waals surface area contributed by atoms with Gasteiger partial charge in [-0.3, -0.25) is 9.69 Å². The molecule has 0 bridgehead atoms. The Kier molecular flexibility index (Phi) is 3.08. The van der Waals surface area contributed by atoms with Crippen LogP contribution >= 0.6 is 11.3 Å². The highest BCUT2D eigenvalue weighted by Crippen LogP contribution is 2.30. The lowest BCUT2D eigenvalue weighted by molar-refractivity contribution is -0.128. The first-order valence-corrected chi connectivity index (χ1v) is 7.83. The molecule has 108 valence electrons. The molecule has 5 nitrogen and oxygen atoms in total. The van der Waals surface area contributed by atoms with Gasteiger partial charge < -0.3 is 4.90 Å². The molecule has 0 N–H and O–H groups in total. The zero-order chi connectivity index (χ0) is 14.5. The minimum Gasteiger partial charge on any atom is -0.312 e. The maximum atomic E-state index is 12.2. The smallest absolute Gasteiger partial charge is 0.312 e. The van der Waals surface area contributed by atoms with Crippen molar-refractivity contribution in [2.75, 3.05) is 6.54 Å². The maximum Gasteiger partial charge on any atom is 0.327 e. The van der Waals surface area contributed by atoms with Gasteiger partial charge in [-0.1, -0.05) is 20.8 Å². The highest BCUT2D eigenvalue weighted by molar-refractivity contribution is 7.09. The normalized spacial score (nSPS) is 22.9. The van der Waals surface area contributed by atoms with Crippen molar-refractivity contribution in [1.82, 2.24) is 14.8 Å². The molecule has 2 saturated heterocycles. The minimum absolute atomic E-state index is 0.00194. The van der Waals surface area contributed by atoms with Crippen LogP contribution in [0.3, 0.4) is 0 Å². The van der Waals surface area contributed by atoms with Crippen molar-refractivity contribution in [1.29, 1.82) is 0 Å². The second kappa shape index (κ2) is 4.55. The van der Waals surface area contributed by atoms with Crippen LogP contribution in [0.2, 0.25) is 0 Å². The molecule has 1 atom stereocenters. The van der Waals surface area contributed by atoms with Gasteiger partial charge in [-0.05, 0) is 12.8 Å². The van der Waals surface area contributed by atoms with Crippen molar-refractivity contribution >= 4 is 23.3 Å². The van der Waals surface area contributed by atoms with Crippen LogP contribution in [0.1, 0.15) is 44.3 Å². The average molecular weight is 293 g/mol. The molecule has 0 aliphatic carbocycles. The molecule has 0 aromatic carbocycles. The summed E-state index contributed by atoms with van der Waals surface area (Å²) in [7, 11) is 0. The highest BCUT2D eigenvalue weighted by Gasteiger charge is 2.47. The summed E-state index contributed by atoms with van der Waals surface area (Å²) < 4.78 is 0. The summed E-state index contributed by atoms with van der Waals surface area (Å²) in [6.45, 7) is 7.33. The van der Waals surface area contributed by atoms with Gasteiger partial charge in [0.15, 0.2) is 0 Å². The van der Waals surface area contributed by atoms with Gasteiger partial charge in [-0.25, -0.2) is 9.78 Å². The summed E-state index contributed by atoms with van der Waals surface area (Å²) in [5.74, 6) is -0.0576. The SMILES string of the molecule is CC(C)(C)c1nc(CN2C(=O)C3CCCN3C2=O)cs1. The van der Waals surface area contributed by atoms with E-state index in [1.165, 1.54) is 4.90 Å². The predicted octanol–water partition coefficient (Wildman–Crippen LogP) is 2.37. The van der Waals surface area contributed by atoms with Crippen LogP contribution < -0.4 is 0 Å². The summed E-state index contributed by atoms with van der Waals surface area (Å²) in [5.41, 5.74) is 0.810. The molecule has 1 unspecified atom stereocenters. The predicted molar refractivity (Wildman–Crippen MR) is 76.5 cm³/mol. The number of thiazole rings is 1. The Labute approximate surface area is 122 Å². The van der Waals surface area contributed by atoms with Gasteiger partial charge in [0, 0.05) is 17.3 Å². The van der Waals surface area contributed by atoms with Gasteiger partial charge in [0.05, 0.1) is 17.2 Å². The number of fused-ring (bicyclic) bond motifs is 1. The van der Waals surface area contributed by atoms with E-state index in [0.29, 0.717) is 13.1 Å². The van der Waals surface area contributed by atoms with Crippen LogP contribution in [0.4, 0.5) is 4.79 Å². The van der Waals surface area contributed by atoms with Gasteiger partial charge in [-0.2, -0.15) is 0 Å². The fraction of sp³-hybridized carbons (Fsp3) is 0.643. The molecule has 3 heterocycles. The molecule has 0 saturated carbocycles. The van der Waals surface area contributed by atoms with Crippen molar-refractivity contribution in [2.45, 2.75) is 51.6 Å². The third-order valence-electron chi connectivity index (χ3n) is 3.79. The molecule has 3 rings (SSSR count). The van der Waals surface area contributed by atoms with E-state index in [-0.39, 0.29) is 23.4 Å². The fourth-order valence-electron chi connectivity index (χ4n) is 2.71. The quantitative estimate of drug-likeness (QED) is 0.787. The molecular weight excluding hydrogens is 274 g/mol. The molecule has 3 amide bonds. The molecule has 0 radical (unpaired) electrons. The third-order valence-corrected chi connectivity index (χ3v) is 5.11. The van der Waals surface area contributed by atoms with Gasteiger partial charge in [0.1, 0.15) is 6.04 Å². The van der Waals surface area contributed by atoms with Crippen molar-refractivity contribution < 1.29 is 9.59 Å². The van der Waals surface area contributed by atoms with E-state index in [2.05, 4.69) is 25.8 Å². The number of hydrogen-bond donors (Lipinski definition) is 0. The van der Waals surface area contributed by atoms with Crippen LogP contribution in [0.5, 0.6) is 0 Å². The third kappa shape index (κ3) is 2.12. The minimum atomic E-state index is -0.219. The van der Waals surface area contributed by atoms with Gasteiger partial charge >= 0.3 is 6.03 Å². The van der Waals surface area contributed by atoms with E-state index in [1.807, 2.05) is 5.38 Å². The van der Waals surface area contributed by atoms with E-state index in [0.717, 1.165) is 23.5 Å². The first-order valence-electron chi connectivity index (χ1n) is 6.95. The second-order valence-electron chi connectivity index (χ2n) is 6.45. The van der Waals surface area contributed by atoms with Crippen LogP contribution in [-0.4, -0.2) is 39.3 Å². The highest BCUT2D eigenvalue weighted by atomic mass is 32.1. The lowest BCUT2D eigenvalue weighted by Crippen LogP contribution is -2.32. The first-order chi connectivity index (χ1) is 9.38. The molecule has 0 spiro atoms. The average Bonchev–Trinajstić information content (AvgIpc) is 3.05. The van der Waals surface area contributed by atoms with E-state index in [1.54, 1.807) is 16.2 Å². The van der Waals surface area contributed by atoms with Crippen LogP contribution in [-0.2, 0) is 16.8 Å². The summed E-state index contributed by atoms with van der Waals surface area (Å²) in [5, 5.41) is 2.98. The largest absolute Gasteiger partial charge is 0.327 e. The lowest BCUT2D eigenvalue weighted by atomic mass is 9.98. The summed E-state index contributed by atoms with van der Waals surface area (Å²) in [6, 6.07) is -0.369. The van der Waals surface area contributed by atoms with E-state index >= 15 is 0 Å². The van der Waals surface area contributed by atoms with Gasteiger partial charge in [0.25, 0.3) is 5.91 Å². The van der Waals surface area contributed by atoms with Crippen molar-refractivity contribution in [2.24, 2.45) is 0 Å². The van der Waals surface area contributed by atoms with E-state index in [4.69, 9.17) is 0 Å². The fourth-order valence-corrected chi connectivity index (χ4v) is 3.61. The van der Waals surface area contributed by atoms with Crippen molar-refractivity contribution in [3.05, 3.63) is 16.1 Å². The number of aromatic nitrogens is 1. The number of imide groups is 1. The molecule has 20 heavy (non-hydrogen) atoms. The Hall–Kier alpha value is -1.43. The summed E-state index contributed by atoms with van der Waals surface area (Å²) in [6.07, 6.45) is 1.73. The zero-order valence-electron chi connectivity index (χ0n) is 12.0. The molecular formula is C14H19N3O2S. The van der Waals surface area contributed by atoms with Crippen LogP contribution in [0, 0.1) is 0 Å². The van der Waals surface area contributed by atoms with Crippen molar-refractivity contribution in [3.8, 4) is 0 Å². The topological polar surface area (TPSA) is 53.5 Å². The summed E-state index contributed by atoms with van der Waals surface area (Å²) in [4.78, 5) is 32.1. The monoisotopic (exact) mass is 293 g/mol. The Morgan fingerprint density at radius 2 is 2.15 bits per heavy atom. The lowest BCUT2D eigenvalue weighted by Gasteiger charge is -2.15. The summed E-state index contributed by atoms with van der Waals surface area (Å²) >= 11 is 1.59. The van der Waals surface area contributed by atoms with Crippen molar-refractivity contribution in [3.63, 3.8) is 0 Å². The molecule has 1 aromatic heterocycles. The standard InChI is InChI=1S/C14H19N3O2S/c1-14(2,3)12-15-9(8-20-12)7-17-11(18)10-5-4-6-16(10)13(17)19/h8,10H,4-7H2,1-3H3. The number of carbonyl (C=O) groups excluding carboxylic acids is 2. The molecule has 2 aliphatic heterocycles. The maximum absolute atomic E-state index is 12.2. The van der Waals surface area contributed by atoms with Gasteiger partial charge in [-0.15, -0.1) is 11.3 Å². The Balaban J connectivity index is 1.77. The first kappa shape index (κ1) is 13.5. The van der Waals surface area contributed by atoms with Crippen LogP contribution in [0.25, 0.3) is 0 Å². The number of hydrogen-bond acceptors (Lipinski definition) is 4.